The molecule has 4 aliphatic rings. The smallest absolute Gasteiger partial charge is 0.252 e. The van der Waals surface area contributed by atoms with Crippen molar-refractivity contribution in [3.05, 3.63) is 183 Å². The fraction of sp³-hybridized carbons (Fsp3) is 0.344. The molecule has 0 bridgehead atoms. The molecule has 7 aromatic carbocycles. The first kappa shape index (κ1) is 44.5. The topological polar surface area (TPSA) is 9.72 Å². The first-order valence-corrected chi connectivity index (χ1v) is 25.3. The van der Waals surface area contributed by atoms with E-state index in [-0.39, 0.29) is 33.9 Å². The van der Waals surface area contributed by atoms with Gasteiger partial charge in [-0.2, -0.15) is 0 Å². The molecule has 344 valence electrons. The Bertz CT molecular complexity index is 3230. The van der Waals surface area contributed by atoms with Gasteiger partial charge in [0.05, 0.1) is 5.54 Å². The molecule has 0 aromatic heterocycles. The van der Waals surface area contributed by atoms with Gasteiger partial charge in [0.25, 0.3) is 6.71 Å². The lowest BCUT2D eigenvalue weighted by molar-refractivity contribution is 0.245. The number of anilines is 8. The van der Waals surface area contributed by atoms with Gasteiger partial charge < -0.3 is 14.7 Å². The zero-order valence-corrected chi connectivity index (χ0v) is 43.5. The van der Waals surface area contributed by atoms with Crippen LogP contribution in [0, 0.1) is 27.7 Å². The molecule has 2 atom stereocenters. The Kier molecular flexibility index (Phi) is 9.66. The highest BCUT2D eigenvalue weighted by Gasteiger charge is 2.60. The van der Waals surface area contributed by atoms with Crippen molar-refractivity contribution in [1.82, 2.24) is 0 Å². The summed E-state index contributed by atoms with van der Waals surface area (Å²) >= 11 is 0. The van der Waals surface area contributed by atoms with Crippen LogP contribution in [0.5, 0.6) is 0 Å². The summed E-state index contributed by atoms with van der Waals surface area (Å²) in [6, 6.07) is 50.7. The molecule has 0 radical (unpaired) electrons. The van der Waals surface area contributed by atoms with Crippen LogP contribution in [0.25, 0.3) is 0 Å². The lowest BCUT2D eigenvalue weighted by Crippen LogP contribution is -2.61. The molecule has 0 saturated heterocycles. The number of benzene rings is 7. The molecule has 0 saturated carbocycles. The van der Waals surface area contributed by atoms with E-state index >= 15 is 0 Å². The molecule has 7 aromatic rings. The largest absolute Gasteiger partial charge is 0.330 e. The Morgan fingerprint density at radius 1 is 0.471 bits per heavy atom. The Morgan fingerprint density at radius 2 is 1.06 bits per heavy atom. The van der Waals surface area contributed by atoms with Crippen LogP contribution >= 0.6 is 0 Å². The number of hydrogen-bond acceptors (Lipinski definition) is 3. The van der Waals surface area contributed by atoms with Crippen molar-refractivity contribution in [1.29, 1.82) is 0 Å². The molecule has 0 N–H and O–H groups in total. The fourth-order valence-corrected chi connectivity index (χ4v) is 12.9. The van der Waals surface area contributed by atoms with Gasteiger partial charge in [0, 0.05) is 50.9 Å². The third-order valence-corrected chi connectivity index (χ3v) is 16.8. The van der Waals surface area contributed by atoms with Gasteiger partial charge in [-0.25, -0.2) is 0 Å². The van der Waals surface area contributed by atoms with Crippen LogP contribution in [0.4, 0.5) is 45.5 Å². The number of hydrogen-bond donors (Lipinski definition) is 0. The Balaban J connectivity index is 1.22. The van der Waals surface area contributed by atoms with Gasteiger partial charge in [0.1, 0.15) is 0 Å². The van der Waals surface area contributed by atoms with E-state index in [2.05, 4.69) is 246 Å². The van der Waals surface area contributed by atoms with Gasteiger partial charge in [-0.3, -0.25) is 0 Å². The molecule has 3 nitrogen and oxygen atoms in total. The second-order valence-electron chi connectivity index (χ2n) is 24.5. The van der Waals surface area contributed by atoms with E-state index in [1.54, 1.807) is 0 Å². The molecule has 3 aliphatic heterocycles. The maximum absolute atomic E-state index is 2.77. The predicted molar refractivity (Wildman–Crippen MR) is 294 cm³/mol. The van der Waals surface area contributed by atoms with Crippen LogP contribution in [0.1, 0.15) is 138 Å². The van der Waals surface area contributed by atoms with Gasteiger partial charge >= 0.3 is 0 Å². The van der Waals surface area contributed by atoms with Crippen molar-refractivity contribution < 1.29 is 0 Å². The zero-order chi connectivity index (χ0) is 48.2. The SMILES string of the molecule is Cc1cc2c3c(c1)N(c1ccc(C(C)(C)C)cc1C)c1ccc(C(C)(C)C)cc1B3c1ccc(N3c4c(C)cc(C)cc4C4(C)CCc5ccccc5C34C)cc1N2c1ccc(C(C)(C)C)cc1. The molecule has 3 heterocycles. The summed E-state index contributed by atoms with van der Waals surface area (Å²) in [5.41, 5.74) is 27.4. The van der Waals surface area contributed by atoms with E-state index < -0.39 is 0 Å². The molecule has 0 fully saturated rings. The summed E-state index contributed by atoms with van der Waals surface area (Å²) in [6.07, 6.45) is 2.18. The highest BCUT2D eigenvalue weighted by atomic mass is 15.3. The third kappa shape index (κ3) is 6.38. The average molecular weight is 892 g/mol. The van der Waals surface area contributed by atoms with E-state index in [9.17, 15) is 0 Å². The van der Waals surface area contributed by atoms with Crippen LogP contribution in [0.3, 0.4) is 0 Å². The van der Waals surface area contributed by atoms with Gasteiger partial charge in [0.2, 0.25) is 0 Å². The monoisotopic (exact) mass is 892 g/mol. The quantitative estimate of drug-likeness (QED) is 0.164. The summed E-state index contributed by atoms with van der Waals surface area (Å²) in [5.74, 6) is 0. The standard InChI is InChI=1S/C64H70BN3/c1-39-32-42(4)59-50(33-39)63(14)31-30-43-18-16-17-19-49(43)64(63,15)68(59)48-26-27-51-55(38-48)66(47-24-20-44(21-25-47)60(5,6)7)56-34-40(2)35-57-58(56)65(51)52-37-46(62(11,12)13)23-29-54(52)67(57)53-28-22-45(36-41(53)3)61(8,9)10/h16-29,32-38H,30-31H2,1-15H3. The molecule has 68 heavy (non-hydrogen) atoms. The second kappa shape index (κ2) is 14.8. The minimum absolute atomic E-state index is 0.0176. The average Bonchev–Trinajstić information content (AvgIpc) is 3.48. The van der Waals surface area contributed by atoms with Crippen LogP contribution in [0.2, 0.25) is 0 Å². The lowest BCUT2D eigenvalue weighted by Gasteiger charge is -2.51. The highest BCUT2D eigenvalue weighted by Crippen LogP contribution is 2.65. The normalized spacial score (nSPS) is 19.3. The highest BCUT2D eigenvalue weighted by molar-refractivity contribution is 7.00. The maximum Gasteiger partial charge on any atom is 0.252 e. The zero-order valence-electron chi connectivity index (χ0n) is 43.5. The summed E-state index contributed by atoms with van der Waals surface area (Å²) in [5, 5.41) is 0. The van der Waals surface area contributed by atoms with Crippen molar-refractivity contribution in [3.63, 3.8) is 0 Å². The van der Waals surface area contributed by atoms with Crippen LogP contribution < -0.4 is 31.1 Å². The molecule has 0 spiro atoms. The number of rotatable bonds is 3. The summed E-state index contributed by atoms with van der Waals surface area (Å²) < 4.78 is 0. The molecule has 1 aliphatic carbocycles. The summed E-state index contributed by atoms with van der Waals surface area (Å²) in [6.45, 7) is 35.3. The number of aryl methyl sites for hydroxylation is 5. The molecule has 11 rings (SSSR count). The van der Waals surface area contributed by atoms with Gasteiger partial charge in [-0.1, -0.05) is 154 Å². The van der Waals surface area contributed by atoms with Crippen molar-refractivity contribution in [2.45, 2.75) is 144 Å². The van der Waals surface area contributed by atoms with Crippen LogP contribution in [-0.4, -0.2) is 6.71 Å². The minimum atomic E-state index is -0.313. The Morgan fingerprint density at radius 3 is 1.72 bits per heavy atom. The summed E-state index contributed by atoms with van der Waals surface area (Å²) in [4.78, 5) is 7.99. The lowest BCUT2D eigenvalue weighted by atomic mass is 9.33. The van der Waals surface area contributed by atoms with Crippen LogP contribution in [0.15, 0.2) is 127 Å². The van der Waals surface area contributed by atoms with E-state index in [1.807, 2.05) is 0 Å². The number of nitrogens with zero attached hydrogens (tertiary/aromatic N) is 3. The fourth-order valence-electron chi connectivity index (χ4n) is 12.9. The molecule has 2 unspecified atom stereocenters. The van der Waals surface area contributed by atoms with Crippen molar-refractivity contribution in [2.75, 3.05) is 14.7 Å². The first-order valence-electron chi connectivity index (χ1n) is 25.3. The number of fused-ring (bicyclic) bond motifs is 9. The third-order valence-electron chi connectivity index (χ3n) is 16.8. The van der Waals surface area contributed by atoms with Crippen molar-refractivity contribution in [2.24, 2.45) is 0 Å². The van der Waals surface area contributed by atoms with Gasteiger partial charge in [-0.05, 0) is 179 Å². The molecule has 4 heteroatoms. The van der Waals surface area contributed by atoms with E-state index in [0.29, 0.717) is 0 Å². The van der Waals surface area contributed by atoms with Crippen molar-refractivity contribution >= 4 is 68.6 Å². The van der Waals surface area contributed by atoms with E-state index in [4.69, 9.17) is 0 Å². The Labute approximate surface area is 408 Å². The second-order valence-corrected chi connectivity index (χ2v) is 24.5. The van der Waals surface area contributed by atoms with Gasteiger partial charge in [0.15, 0.2) is 0 Å². The summed E-state index contributed by atoms with van der Waals surface area (Å²) in [7, 11) is 0. The first-order chi connectivity index (χ1) is 32.0. The molecule has 0 amide bonds. The maximum atomic E-state index is 2.77. The Hall–Kier alpha value is -6.00. The van der Waals surface area contributed by atoms with Crippen LogP contribution in [-0.2, 0) is 33.6 Å². The van der Waals surface area contributed by atoms with Gasteiger partial charge in [-0.15, -0.1) is 0 Å². The minimum Gasteiger partial charge on any atom is -0.330 e. The predicted octanol–water partition coefficient (Wildman–Crippen LogP) is 15.2. The molecular formula is C64H70BN3. The van der Waals surface area contributed by atoms with E-state index in [0.717, 1.165) is 12.8 Å². The molecular weight excluding hydrogens is 822 g/mol. The van der Waals surface area contributed by atoms with Crippen molar-refractivity contribution in [3.8, 4) is 0 Å². The van der Waals surface area contributed by atoms with E-state index in [1.165, 1.54) is 118 Å².